The molecule has 2 aliphatic heterocycles. The monoisotopic (exact) mass is 407 g/mol. The molecule has 1 aromatic heterocycles. The Morgan fingerprint density at radius 1 is 1.24 bits per heavy atom. The molecule has 9 nitrogen and oxygen atoms in total. The van der Waals surface area contributed by atoms with E-state index in [1.807, 2.05) is 27.7 Å². The number of aliphatic hydroxyl groups excluding tert-OH is 2. The Labute approximate surface area is 171 Å². The molecule has 0 aromatic carbocycles. The van der Waals surface area contributed by atoms with Crippen molar-refractivity contribution in [2.45, 2.75) is 57.8 Å². The van der Waals surface area contributed by atoms with Crippen LogP contribution >= 0.6 is 0 Å². The lowest BCUT2D eigenvalue weighted by Gasteiger charge is -2.32. The van der Waals surface area contributed by atoms with E-state index in [0.29, 0.717) is 25.7 Å². The van der Waals surface area contributed by atoms with Crippen molar-refractivity contribution in [3.05, 3.63) is 12.4 Å². The van der Waals surface area contributed by atoms with Crippen molar-refractivity contribution in [1.82, 2.24) is 14.9 Å². The number of hydrogen-bond acceptors (Lipinski definition) is 8. The lowest BCUT2D eigenvalue weighted by Crippen LogP contribution is -2.45. The lowest BCUT2D eigenvalue weighted by molar-refractivity contribution is -0.143. The van der Waals surface area contributed by atoms with Crippen LogP contribution in [0.2, 0.25) is 0 Å². The third-order valence-electron chi connectivity index (χ3n) is 6.01. The van der Waals surface area contributed by atoms with Crippen LogP contribution in [0, 0.1) is 5.92 Å². The molecule has 0 aliphatic carbocycles. The number of aliphatic hydroxyl groups is 2. The number of amides is 1. The van der Waals surface area contributed by atoms with E-state index in [9.17, 15) is 9.90 Å². The van der Waals surface area contributed by atoms with Gasteiger partial charge < -0.3 is 29.2 Å². The van der Waals surface area contributed by atoms with Gasteiger partial charge in [-0.3, -0.25) is 4.79 Å². The molecule has 0 radical (unpaired) electrons. The molecule has 2 fully saturated rings. The highest BCUT2D eigenvalue weighted by molar-refractivity contribution is 6.61. The largest absolute Gasteiger partial charge is 0.498 e. The van der Waals surface area contributed by atoms with E-state index >= 15 is 0 Å². The van der Waals surface area contributed by atoms with Crippen molar-refractivity contribution in [3.63, 3.8) is 0 Å². The minimum atomic E-state index is -1.33. The number of carbonyl (C=O) groups is 1. The van der Waals surface area contributed by atoms with Crippen molar-refractivity contribution in [2.75, 3.05) is 26.3 Å². The van der Waals surface area contributed by atoms with Crippen molar-refractivity contribution in [3.8, 4) is 6.01 Å². The summed E-state index contributed by atoms with van der Waals surface area (Å²) in [5.41, 5.74) is -0.0997. The fourth-order valence-electron chi connectivity index (χ4n) is 3.30. The van der Waals surface area contributed by atoms with E-state index in [2.05, 4.69) is 9.97 Å². The molecule has 0 saturated carbocycles. The Morgan fingerprint density at radius 3 is 2.31 bits per heavy atom. The third-order valence-corrected chi connectivity index (χ3v) is 6.01. The molecule has 2 aliphatic rings. The Kier molecular flexibility index (Phi) is 6.47. The zero-order valence-electron chi connectivity index (χ0n) is 17.5. The van der Waals surface area contributed by atoms with Crippen LogP contribution in [0.25, 0.3) is 0 Å². The molecule has 3 rings (SSSR count). The summed E-state index contributed by atoms with van der Waals surface area (Å²) in [7, 11) is -0.509. The maximum Gasteiger partial charge on any atom is 0.498 e. The summed E-state index contributed by atoms with van der Waals surface area (Å²) in [4.78, 5) is 22.0. The van der Waals surface area contributed by atoms with Crippen LogP contribution in [0.15, 0.2) is 12.4 Å². The summed E-state index contributed by atoms with van der Waals surface area (Å²) in [5, 5.41) is 18.3. The Balaban J connectivity index is 1.46. The second kappa shape index (κ2) is 8.55. The molecule has 2 N–H and O–H groups in total. The molecule has 0 bridgehead atoms. The smallest absolute Gasteiger partial charge is 0.463 e. The highest BCUT2D eigenvalue weighted by Gasteiger charge is 2.52. The van der Waals surface area contributed by atoms with Crippen LogP contribution in [-0.2, 0) is 14.1 Å². The minimum absolute atomic E-state index is 0.275. The molecule has 0 spiro atoms. The first-order chi connectivity index (χ1) is 13.6. The SMILES string of the molecule is CC1(C)OB(c2cnc(OCC3CCN(C(=O)[C@@H](O)CO)CC3)nc2)OC1(C)C. The van der Waals surface area contributed by atoms with Crippen molar-refractivity contribution >= 4 is 18.5 Å². The first kappa shape index (κ1) is 22.0. The van der Waals surface area contributed by atoms with Crippen LogP contribution < -0.4 is 10.2 Å². The van der Waals surface area contributed by atoms with E-state index in [4.69, 9.17) is 19.2 Å². The predicted molar refractivity (Wildman–Crippen MR) is 106 cm³/mol. The highest BCUT2D eigenvalue weighted by Crippen LogP contribution is 2.36. The number of nitrogens with zero attached hydrogens (tertiary/aromatic N) is 3. The zero-order chi connectivity index (χ0) is 21.2. The molecular formula is C19H30BN3O6. The van der Waals surface area contributed by atoms with Gasteiger partial charge in [-0.05, 0) is 46.5 Å². The number of ether oxygens (including phenoxy) is 1. The zero-order valence-corrected chi connectivity index (χ0v) is 17.5. The molecule has 0 unspecified atom stereocenters. The molecule has 1 aromatic rings. The predicted octanol–water partition coefficient (Wildman–Crippen LogP) is -0.254. The molecule has 29 heavy (non-hydrogen) atoms. The number of piperidine rings is 1. The number of likely N-dealkylation sites (tertiary alicyclic amines) is 1. The van der Waals surface area contributed by atoms with Crippen LogP contribution in [0.3, 0.4) is 0 Å². The van der Waals surface area contributed by atoms with Gasteiger partial charge in [-0.2, -0.15) is 0 Å². The molecular weight excluding hydrogens is 377 g/mol. The maximum absolute atomic E-state index is 11.9. The highest BCUT2D eigenvalue weighted by atomic mass is 16.7. The Morgan fingerprint density at radius 2 is 1.79 bits per heavy atom. The van der Waals surface area contributed by atoms with Gasteiger partial charge in [0, 0.05) is 30.9 Å². The maximum atomic E-state index is 11.9. The number of aromatic nitrogens is 2. The first-order valence-electron chi connectivity index (χ1n) is 10.0. The van der Waals surface area contributed by atoms with E-state index in [1.165, 1.54) is 0 Å². The van der Waals surface area contributed by atoms with E-state index in [-0.39, 0.29) is 5.92 Å². The minimum Gasteiger partial charge on any atom is -0.463 e. The van der Waals surface area contributed by atoms with Gasteiger partial charge in [-0.1, -0.05) is 0 Å². The topological polar surface area (TPSA) is 114 Å². The van der Waals surface area contributed by atoms with Gasteiger partial charge >= 0.3 is 13.1 Å². The summed E-state index contributed by atoms with van der Waals surface area (Å²) in [6.45, 7) is 8.95. The third kappa shape index (κ3) is 4.88. The van der Waals surface area contributed by atoms with Crippen LogP contribution in [0.5, 0.6) is 6.01 Å². The summed E-state index contributed by atoms with van der Waals surface area (Å²) < 4.78 is 17.7. The van der Waals surface area contributed by atoms with Gasteiger partial charge in [0.15, 0.2) is 6.10 Å². The molecule has 160 valence electrons. The average Bonchev–Trinajstić information content (AvgIpc) is 2.93. The molecule has 3 heterocycles. The van der Waals surface area contributed by atoms with E-state index in [0.717, 1.165) is 18.3 Å². The standard InChI is InChI=1S/C19H30BN3O6/c1-18(2)19(3,4)29-20(28-18)14-9-21-17(22-10-14)27-12-13-5-7-23(8-6-13)16(26)15(25)11-24/h9-10,13,15,24-25H,5-8,11-12H2,1-4H3/t15-/m0/s1. The average molecular weight is 407 g/mol. The normalized spacial score (nSPS) is 22.6. The van der Waals surface area contributed by atoms with Gasteiger partial charge in [-0.25, -0.2) is 9.97 Å². The molecule has 1 atom stereocenters. The van der Waals surface area contributed by atoms with Gasteiger partial charge in [0.1, 0.15) is 0 Å². The molecule has 1 amide bonds. The summed E-state index contributed by atoms with van der Waals surface area (Å²) in [5.74, 6) is -0.148. The van der Waals surface area contributed by atoms with Gasteiger partial charge in [0.2, 0.25) is 0 Å². The Bertz CT molecular complexity index is 690. The van der Waals surface area contributed by atoms with Gasteiger partial charge in [0.05, 0.1) is 24.4 Å². The van der Waals surface area contributed by atoms with Crippen molar-refractivity contribution < 1.29 is 29.1 Å². The van der Waals surface area contributed by atoms with E-state index in [1.54, 1.807) is 17.3 Å². The Hall–Kier alpha value is -1.75. The fraction of sp³-hybridized carbons (Fsp3) is 0.737. The van der Waals surface area contributed by atoms with Crippen LogP contribution in [0.1, 0.15) is 40.5 Å². The second-order valence-corrected chi connectivity index (χ2v) is 8.67. The van der Waals surface area contributed by atoms with Crippen molar-refractivity contribution in [1.29, 1.82) is 0 Å². The first-order valence-corrected chi connectivity index (χ1v) is 10.0. The van der Waals surface area contributed by atoms with Gasteiger partial charge in [-0.15, -0.1) is 0 Å². The van der Waals surface area contributed by atoms with Gasteiger partial charge in [0.25, 0.3) is 5.91 Å². The fourth-order valence-corrected chi connectivity index (χ4v) is 3.30. The summed E-state index contributed by atoms with van der Waals surface area (Å²) in [6.07, 6.45) is 3.49. The number of rotatable bonds is 6. The number of hydrogen-bond donors (Lipinski definition) is 2. The van der Waals surface area contributed by atoms with Crippen LogP contribution in [-0.4, -0.2) is 81.7 Å². The van der Waals surface area contributed by atoms with Crippen molar-refractivity contribution in [2.24, 2.45) is 5.92 Å². The quantitative estimate of drug-likeness (QED) is 0.621. The summed E-state index contributed by atoms with van der Waals surface area (Å²) in [6, 6.07) is 0.291. The molecule has 2 saturated heterocycles. The summed E-state index contributed by atoms with van der Waals surface area (Å²) >= 11 is 0. The van der Waals surface area contributed by atoms with Crippen LogP contribution in [0.4, 0.5) is 0 Å². The lowest BCUT2D eigenvalue weighted by atomic mass is 9.81. The second-order valence-electron chi connectivity index (χ2n) is 8.67. The molecule has 10 heteroatoms. The number of carbonyl (C=O) groups excluding carboxylic acids is 1. The van der Waals surface area contributed by atoms with E-state index < -0.39 is 36.9 Å².